The van der Waals surface area contributed by atoms with Crippen molar-refractivity contribution in [3.63, 3.8) is 0 Å². The molecule has 0 unspecified atom stereocenters. The lowest BCUT2D eigenvalue weighted by Crippen LogP contribution is -2.43. The average molecular weight is 228 g/mol. The van der Waals surface area contributed by atoms with Gasteiger partial charge in [-0.05, 0) is 34.1 Å². The van der Waals surface area contributed by atoms with Gasteiger partial charge in [0.05, 0.1) is 0 Å². The van der Waals surface area contributed by atoms with Crippen LogP contribution in [0, 0.1) is 0 Å². The Morgan fingerprint density at radius 1 is 1.25 bits per heavy atom. The van der Waals surface area contributed by atoms with Crippen molar-refractivity contribution in [2.75, 3.05) is 60.4 Å². The largest absolute Gasteiger partial charge is 0.337 e. The van der Waals surface area contributed by atoms with Gasteiger partial charge in [-0.25, -0.2) is 4.79 Å². The van der Waals surface area contributed by atoms with Gasteiger partial charge in [0.2, 0.25) is 0 Å². The van der Waals surface area contributed by atoms with E-state index in [1.807, 2.05) is 19.0 Å². The van der Waals surface area contributed by atoms with Crippen molar-refractivity contribution in [3.05, 3.63) is 0 Å². The van der Waals surface area contributed by atoms with Crippen molar-refractivity contribution >= 4 is 6.03 Å². The lowest BCUT2D eigenvalue weighted by Gasteiger charge is -2.21. The highest BCUT2D eigenvalue weighted by molar-refractivity contribution is 5.74. The van der Waals surface area contributed by atoms with Gasteiger partial charge in [0.15, 0.2) is 0 Å². The molecular weight excluding hydrogens is 204 g/mol. The van der Waals surface area contributed by atoms with Crippen LogP contribution in [-0.2, 0) is 0 Å². The van der Waals surface area contributed by atoms with Crippen molar-refractivity contribution in [3.8, 4) is 0 Å². The SMILES string of the molecule is CN(C)CCNC(=O)N1CCCN(C)CC1. The van der Waals surface area contributed by atoms with Crippen LogP contribution >= 0.6 is 0 Å². The fourth-order valence-corrected chi connectivity index (χ4v) is 1.75. The maximum atomic E-state index is 11.8. The Bertz CT molecular complexity index is 220. The van der Waals surface area contributed by atoms with E-state index in [0.717, 1.165) is 45.7 Å². The number of hydrogen-bond acceptors (Lipinski definition) is 3. The molecule has 5 heteroatoms. The van der Waals surface area contributed by atoms with E-state index in [-0.39, 0.29) is 6.03 Å². The molecule has 0 aromatic carbocycles. The number of nitrogens with one attached hydrogen (secondary N) is 1. The molecule has 0 atom stereocenters. The number of urea groups is 1. The van der Waals surface area contributed by atoms with Crippen LogP contribution in [0.1, 0.15) is 6.42 Å². The molecular formula is C11H24N4O. The molecule has 94 valence electrons. The van der Waals surface area contributed by atoms with Crippen LogP contribution in [0.5, 0.6) is 0 Å². The third-order valence-corrected chi connectivity index (χ3v) is 2.84. The van der Waals surface area contributed by atoms with Gasteiger partial charge in [0.1, 0.15) is 0 Å². The molecule has 1 aliphatic rings. The van der Waals surface area contributed by atoms with Crippen molar-refractivity contribution < 1.29 is 4.79 Å². The van der Waals surface area contributed by atoms with E-state index >= 15 is 0 Å². The van der Waals surface area contributed by atoms with E-state index in [1.54, 1.807) is 0 Å². The van der Waals surface area contributed by atoms with Gasteiger partial charge in [0, 0.05) is 32.7 Å². The van der Waals surface area contributed by atoms with Gasteiger partial charge in [-0.15, -0.1) is 0 Å². The summed E-state index contributed by atoms with van der Waals surface area (Å²) in [4.78, 5) is 18.1. The minimum Gasteiger partial charge on any atom is -0.337 e. The lowest BCUT2D eigenvalue weighted by atomic mass is 10.4. The number of carbonyl (C=O) groups is 1. The Labute approximate surface area is 98.4 Å². The zero-order valence-corrected chi connectivity index (χ0v) is 10.7. The molecule has 0 saturated carbocycles. The zero-order chi connectivity index (χ0) is 12.0. The lowest BCUT2D eigenvalue weighted by molar-refractivity contribution is 0.198. The molecule has 0 spiro atoms. The van der Waals surface area contributed by atoms with Gasteiger partial charge < -0.3 is 20.0 Å². The van der Waals surface area contributed by atoms with Crippen LogP contribution < -0.4 is 5.32 Å². The molecule has 0 aromatic heterocycles. The van der Waals surface area contributed by atoms with E-state index in [1.165, 1.54) is 0 Å². The van der Waals surface area contributed by atoms with Gasteiger partial charge in [0.25, 0.3) is 0 Å². The zero-order valence-electron chi connectivity index (χ0n) is 10.7. The molecule has 1 fully saturated rings. The van der Waals surface area contributed by atoms with Crippen LogP contribution in [0.4, 0.5) is 4.79 Å². The van der Waals surface area contributed by atoms with Gasteiger partial charge in [-0.2, -0.15) is 0 Å². The molecule has 0 bridgehead atoms. The maximum Gasteiger partial charge on any atom is 0.317 e. The highest BCUT2D eigenvalue weighted by Crippen LogP contribution is 2.00. The quantitative estimate of drug-likeness (QED) is 0.733. The normalized spacial score (nSPS) is 18.6. The monoisotopic (exact) mass is 228 g/mol. The molecule has 0 radical (unpaired) electrons. The molecule has 0 aliphatic carbocycles. The van der Waals surface area contributed by atoms with Gasteiger partial charge >= 0.3 is 6.03 Å². The average Bonchev–Trinajstić information content (AvgIpc) is 2.42. The fraction of sp³-hybridized carbons (Fsp3) is 0.909. The predicted octanol–water partition coefficient (Wildman–Crippen LogP) is -0.105. The molecule has 1 rings (SSSR count). The molecule has 1 aliphatic heterocycles. The maximum absolute atomic E-state index is 11.8. The van der Waals surface area contributed by atoms with Crippen LogP contribution in [0.3, 0.4) is 0 Å². The Hall–Kier alpha value is -0.810. The van der Waals surface area contributed by atoms with E-state index in [4.69, 9.17) is 0 Å². The summed E-state index contributed by atoms with van der Waals surface area (Å²) in [5.41, 5.74) is 0. The summed E-state index contributed by atoms with van der Waals surface area (Å²) < 4.78 is 0. The van der Waals surface area contributed by atoms with Gasteiger partial charge in [-0.1, -0.05) is 0 Å². The molecule has 2 amide bonds. The molecule has 0 aromatic rings. The van der Waals surface area contributed by atoms with Crippen molar-refractivity contribution in [1.82, 2.24) is 20.0 Å². The summed E-state index contributed by atoms with van der Waals surface area (Å²) in [7, 11) is 6.12. The van der Waals surface area contributed by atoms with Crippen LogP contribution in [-0.4, -0.2) is 81.1 Å². The first-order valence-electron chi connectivity index (χ1n) is 5.95. The second-order valence-corrected chi connectivity index (χ2v) is 4.68. The standard InChI is InChI=1S/C11H24N4O/c1-13(2)8-5-12-11(16)15-7-4-6-14(3)9-10-15/h4-10H2,1-3H3,(H,12,16). The van der Waals surface area contributed by atoms with Crippen LogP contribution in [0.2, 0.25) is 0 Å². The predicted molar refractivity (Wildman–Crippen MR) is 65.6 cm³/mol. The smallest absolute Gasteiger partial charge is 0.317 e. The first-order chi connectivity index (χ1) is 7.59. The Balaban J connectivity index is 2.24. The summed E-state index contributed by atoms with van der Waals surface area (Å²) in [5.74, 6) is 0. The molecule has 5 nitrogen and oxygen atoms in total. The Kier molecular flexibility index (Phi) is 5.55. The Morgan fingerprint density at radius 2 is 2.00 bits per heavy atom. The van der Waals surface area contributed by atoms with Gasteiger partial charge in [-0.3, -0.25) is 0 Å². The number of likely N-dealkylation sites (N-methyl/N-ethyl adjacent to an activating group) is 2. The molecule has 1 heterocycles. The van der Waals surface area contributed by atoms with E-state index in [2.05, 4.69) is 22.2 Å². The third kappa shape index (κ3) is 4.81. The van der Waals surface area contributed by atoms with Crippen molar-refractivity contribution in [2.45, 2.75) is 6.42 Å². The number of carbonyl (C=O) groups excluding carboxylic acids is 1. The number of rotatable bonds is 3. The van der Waals surface area contributed by atoms with E-state index in [0.29, 0.717) is 0 Å². The second-order valence-electron chi connectivity index (χ2n) is 4.68. The van der Waals surface area contributed by atoms with Crippen molar-refractivity contribution in [2.24, 2.45) is 0 Å². The van der Waals surface area contributed by atoms with Crippen LogP contribution in [0.15, 0.2) is 0 Å². The Morgan fingerprint density at radius 3 is 2.69 bits per heavy atom. The van der Waals surface area contributed by atoms with Crippen LogP contribution in [0.25, 0.3) is 0 Å². The highest BCUT2D eigenvalue weighted by Gasteiger charge is 2.16. The third-order valence-electron chi connectivity index (χ3n) is 2.84. The highest BCUT2D eigenvalue weighted by atomic mass is 16.2. The van der Waals surface area contributed by atoms with Crippen molar-refractivity contribution in [1.29, 1.82) is 0 Å². The molecule has 16 heavy (non-hydrogen) atoms. The first-order valence-corrected chi connectivity index (χ1v) is 5.95. The molecule has 1 saturated heterocycles. The summed E-state index contributed by atoms with van der Waals surface area (Å²) in [6.07, 6.45) is 1.07. The number of hydrogen-bond donors (Lipinski definition) is 1. The van der Waals surface area contributed by atoms with E-state index < -0.39 is 0 Å². The van der Waals surface area contributed by atoms with E-state index in [9.17, 15) is 4.79 Å². The fourth-order valence-electron chi connectivity index (χ4n) is 1.75. The number of amides is 2. The molecule has 1 N–H and O–H groups in total. The second kappa shape index (κ2) is 6.70. The summed E-state index contributed by atoms with van der Waals surface area (Å²) in [5, 5.41) is 2.95. The number of nitrogens with zero attached hydrogens (tertiary/aromatic N) is 3. The minimum absolute atomic E-state index is 0.0807. The summed E-state index contributed by atoms with van der Waals surface area (Å²) in [6.45, 7) is 5.38. The topological polar surface area (TPSA) is 38.8 Å². The first kappa shape index (κ1) is 13.3. The minimum atomic E-state index is 0.0807. The summed E-state index contributed by atoms with van der Waals surface area (Å²) >= 11 is 0. The summed E-state index contributed by atoms with van der Waals surface area (Å²) in [6, 6.07) is 0.0807.